The van der Waals surface area contributed by atoms with Gasteiger partial charge in [0.15, 0.2) is 0 Å². The van der Waals surface area contributed by atoms with Crippen LogP contribution in [0.1, 0.15) is 22.8 Å². The molecule has 9 nitrogen and oxygen atoms in total. The summed E-state index contributed by atoms with van der Waals surface area (Å²) in [4.78, 5) is 54.0. The highest BCUT2D eigenvalue weighted by atomic mass is 16.5. The Morgan fingerprint density at radius 1 is 1.06 bits per heavy atom. The number of nitrogens with one attached hydrogen (secondary N) is 1. The molecule has 0 fully saturated rings. The van der Waals surface area contributed by atoms with Gasteiger partial charge < -0.3 is 19.9 Å². The number of rotatable bonds is 5. The topological polar surface area (TPSA) is 99.3 Å². The molecule has 2 aliphatic heterocycles. The van der Waals surface area contributed by atoms with Crippen LogP contribution in [0.5, 0.6) is 5.75 Å². The number of hydrogen-bond donors (Lipinski definition) is 1. The molecular formula is C26H26N4O5. The van der Waals surface area contributed by atoms with Crippen molar-refractivity contribution in [1.82, 2.24) is 15.1 Å². The first-order valence-corrected chi connectivity index (χ1v) is 11.0. The standard InChI is InChI=1S/C26H26N4O5/c1-15(25(33)28(4)5)27-24(32)16(2)30-14-21-19(7-6-8-20(21)26(30)34)18-9-10-22-23(13-18)35-12-11-29(22)17(3)31/h6-10,13H,1-2,11-12,14H2,3-5H3,(H,27,32). The molecule has 180 valence electrons. The average molecular weight is 475 g/mol. The lowest BCUT2D eigenvalue weighted by Crippen LogP contribution is -2.38. The first-order chi connectivity index (χ1) is 16.6. The molecule has 4 amide bonds. The molecule has 0 aliphatic carbocycles. The van der Waals surface area contributed by atoms with Crippen LogP contribution in [0.15, 0.2) is 61.0 Å². The summed E-state index contributed by atoms with van der Waals surface area (Å²) in [5, 5.41) is 2.41. The van der Waals surface area contributed by atoms with Crippen LogP contribution in [-0.2, 0) is 20.9 Å². The Hall–Kier alpha value is -4.40. The van der Waals surface area contributed by atoms with Gasteiger partial charge in [-0.3, -0.25) is 24.1 Å². The number of hydrogen-bond acceptors (Lipinski definition) is 5. The van der Waals surface area contributed by atoms with Crippen LogP contribution in [0.25, 0.3) is 11.1 Å². The van der Waals surface area contributed by atoms with Crippen molar-refractivity contribution in [3.8, 4) is 16.9 Å². The molecule has 0 unspecified atom stereocenters. The van der Waals surface area contributed by atoms with E-state index in [2.05, 4.69) is 18.5 Å². The minimum Gasteiger partial charge on any atom is -0.490 e. The summed E-state index contributed by atoms with van der Waals surface area (Å²) in [6, 6.07) is 10.9. The molecule has 2 heterocycles. The van der Waals surface area contributed by atoms with Crippen LogP contribution >= 0.6 is 0 Å². The summed E-state index contributed by atoms with van der Waals surface area (Å²) in [6.07, 6.45) is 0. The minimum atomic E-state index is -0.681. The van der Waals surface area contributed by atoms with E-state index in [-0.39, 0.29) is 29.8 Å². The Morgan fingerprint density at radius 2 is 1.77 bits per heavy atom. The number of nitrogens with zero attached hydrogens (tertiary/aromatic N) is 3. The Kier molecular flexibility index (Phi) is 6.17. The Labute approximate surface area is 203 Å². The molecule has 9 heteroatoms. The van der Waals surface area contributed by atoms with Gasteiger partial charge in [0, 0.05) is 26.6 Å². The summed E-state index contributed by atoms with van der Waals surface area (Å²) >= 11 is 0. The van der Waals surface area contributed by atoms with Crippen LogP contribution in [0, 0.1) is 0 Å². The van der Waals surface area contributed by atoms with Gasteiger partial charge in [-0.25, -0.2) is 0 Å². The van der Waals surface area contributed by atoms with E-state index in [0.29, 0.717) is 30.2 Å². The van der Waals surface area contributed by atoms with Crippen LogP contribution in [0.2, 0.25) is 0 Å². The maximum Gasteiger partial charge on any atom is 0.271 e. The van der Waals surface area contributed by atoms with Gasteiger partial charge in [0.05, 0.1) is 24.5 Å². The number of anilines is 1. The van der Waals surface area contributed by atoms with Crippen molar-refractivity contribution in [2.24, 2.45) is 0 Å². The fourth-order valence-corrected chi connectivity index (χ4v) is 4.19. The predicted molar refractivity (Wildman–Crippen MR) is 130 cm³/mol. The van der Waals surface area contributed by atoms with Gasteiger partial charge in [-0.05, 0) is 34.9 Å². The third kappa shape index (κ3) is 4.28. The van der Waals surface area contributed by atoms with E-state index in [4.69, 9.17) is 4.74 Å². The van der Waals surface area contributed by atoms with Gasteiger partial charge >= 0.3 is 0 Å². The fourth-order valence-electron chi connectivity index (χ4n) is 4.19. The summed E-state index contributed by atoms with van der Waals surface area (Å²) in [5.74, 6) is -0.961. The number of carbonyl (C=O) groups is 4. The van der Waals surface area contributed by atoms with Gasteiger partial charge in [-0.2, -0.15) is 0 Å². The van der Waals surface area contributed by atoms with E-state index >= 15 is 0 Å². The zero-order chi connectivity index (χ0) is 25.4. The van der Waals surface area contributed by atoms with E-state index < -0.39 is 11.8 Å². The van der Waals surface area contributed by atoms with Gasteiger partial charge in [-0.1, -0.05) is 31.4 Å². The molecule has 4 rings (SSSR count). The second kappa shape index (κ2) is 9.09. The van der Waals surface area contributed by atoms with Crippen LogP contribution in [0.4, 0.5) is 5.69 Å². The van der Waals surface area contributed by atoms with E-state index in [1.165, 1.54) is 16.7 Å². The molecule has 0 saturated carbocycles. The number of likely N-dealkylation sites (N-methyl/N-ethyl adjacent to an activating group) is 1. The van der Waals surface area contributed by atoms with Gasteiger partial charge in [0.1, 0.15) is 18.1 Å². The van der Waals surface area contributed by atoms with Crippen molar-refractivity contribution in [1.29, 1.82) is 0 Å². The van der Waals surface area contributed by atoms with E-state index in [1.54, 1.807) is 31.1 Å². The molecule has 0 radical (unpaired) electrons. The number of fused-ring (bicyclic) bond motifs is 2. The Bertz CT molecular complexity index is 1300. The second-order valence-corrected chi connectivity index (χ2v) is 8.50. The highest BCUT2D eigenvalue weighted by molar-refractivity contribution is 6.08. The maximum atomic E-state index is 13.1. The lowest BCUT2D eigenvalue weighted by Gasteiger charge is -2.29. The van der Waals surface area contributed by atoms with Crippen molar-refractivity contribution in [2.45, 2.75) is 13.5 Å². The monoisotopic (exact) mass is 474 g/mol. The van der Waals surface area contributed by atoms with E-state index in [9.17, 15) is 19.2 Å². The zero-order valence-corrected chi connectivity index (χ0v) is 19.9. The summed E-state index contributed by atoms with van der Waals surface area (Å²) in [5.41, 5.74) is 3.34. The van der Waals surface area contributed by atoms with Crippen molar-refractivity contribution >= 4 is 29.3 Å². The zero-order valence-electron chi connectivity index (χ0n) is 19.9. The van der Waals surface area contributed by atoms with Gasteiger partial charge in [0.2, 0.25) is 5.91 Å². The molecule has 2 aromatic carbocycles. The Morgan fingerprint density at radius 3 is 2.46 bits per heavy atom. The molecule has 2 aromatic rings. The average Bonchev–Trinajstić information content (AvgIpc) is 3.18. The van der Waals surface area contributed by atoms with Gasteiger partial charge in [-0.15, -0.1) is 0 Å². The molecule has 0 saturated heterocycles. The summed E-state index contributed by atoms with van der Waals surface area (Å²) in [6.45, 7) is 9.91. The predicted octanol–water partition coefficient (Wildman–Crippen LogP) is 2.29. The highest BCUT2D eigenvalue weighted by Crippen LogP contribution is 2.39. The normalized spacial score (nSPS) is 14.0. The lowest BCUT2D eigenvalue weighted by atomic mass is 9.96. The van der Waals surface area contributed by atoms with Crippen molar-refractivity contribution < 1.29 is 23.9 Å². The fraction of sp³-hybridized carbons (Fsp3) is 0.231. The number of carbonyl (C=O) groups excluding carboxylic acids is 4. The van der Waals surface area contributed by atoms with E-state index in [1.807, 2.05) is 24.3 Å². The number of benzene rings is 2. The first-order valence-electron chi connectivity index (χ1n) is 11.0. The molecule has 0 spiro atoms. The van der Waals surface area contributed by atoms with Crippen molar-refractivity contribution in [3.63, 3.8) is 0 Å². The number of ether oxygens (including phenoxy) is 1. The highest BCUT2D eigenvalue weighted by Gasteiger charge is 2.34. The van der Waals surface area contributed by atoms with Crippen LogP contribution in [-0.4, -0.2) is 60.7 Å². The number of amides is 4. The smallest absolute Gasteiger partial charge is 0.271 e. The quantitative estimate of drug-likeness (QED) is 0.671. The van der Waals surface area contributed by atoms with E-state index in [0.717, 1.165) is 16.7 Å². The molecule has 0 atom stereocenters. The molecule has 35 heavy (non-hydrogen) atoms. The van der Waals surface area contributed by atoms with Crippen molar-refractivity contribution in [2.75, 3.05) is 32.1 Å². The molecule has 2 aliphatic rings. The van der Waals surface area contributed by atoms with Crippen LogP contribution in [0.3, 0.4) is 0 Å². The third-order valence-electron chi connectivity index (χ3n) is 6.00. The second-order valence-electron chi connectivity index (χ2n) is 8.50. The van der Waals surface area contributed by atoms with Crippen molar-refractivity contribution in [3.05, 3.63) is 72.1 Å². The lowest BCUT2D eigenvalue weighted by molar-refractivity contribution is -0.127. The molecule has 1 N–H and O–H groups in total. The summed E-state index contributed by atoms with van der Waals surface area (Å²) in [7, 11) is 3.08. The molecule has 0 aromatic heterocycles. The Balaban J connectivity index is 1.60. The largest absolute Gasteiger partial charge is 0.490 e. The molecular weight excluding hydrogens is 448 g/mol. The first kappa shape index (κ1) is 23.7. The van der Waals surface area contributed by atoms with Crippen LogP contribution < -0.4 is 15.0 Å². The minimum absolute atomic E-state index is 0.0594. The van der Waals surface area contributed by atoms with Gasteiger partial charge in [0.25, 0.3) is 17.7 Å². The SMILES string of the molecule is C=C(NC(=O)C(=C)N1Cc2c(cccc2-c2ccc3c(c2)OCCN3C(C)=O)C1=O)C(=O)N(C)C. The summed E-state index contributed by atoms with van der Waals surface area (Å²) < 4.78 is 5.79. The third-order valence-corrected chi connectivity index (χ3v) is 6.00. The maximum absolute atomic E-state index is 13.1. The molecule has 0 bridgehead atoms.